The summed E-state index contributed by atoms with van der Waals surface area (Å²) in [4.78, 5) is 22.0. The van der Waals surface area contributed by atoms with E-state index in [1.54, 1.807) is 23.1 Å². The van der Waals surface area contributed by atoms with Crippen LogP contribution in [0.1, 0.15) is 23.2 Å². The molecule has 0 unspecified atom stereocenters. The first-order chi connectivity index (χ1) is 12.1. The molecule has 0 atom stereocenters. The van der Waals surface area contributed by atoms with Crippen molar-refractivity contribution in [2.24, 2.45) is 0 Å². The summed E-state index contributed by atoms with van der Waals surface area (Å²) in [5, 5.41) is 0.482. The summed E-state index contributed by atoms with van der Waals surface area (Å²) in [7, 11) is 1.52. The quantitative estimate of drug-likeness (QED) is 0.833. The number of carbonyl (C=O) groups is 1. The molecule has 1 aliphatic rings. The smallest absolute Gasteiger partial charge is 0.316 e. The third kappa shape index (κ3) is 4.17. The van der Waals surface area contributed by atoms with Gasteiger partial charge in [-0.2, -0.15) is 0 Å². The van der Waals surface area contributed by atoms with Gasteiger partial charge in [0.2, 0.25) is 0 Å². The summed E-state index contributed by atoms with van der Waals surface area (Å²) >= 11 is 5.99. The molecule has 0 spiro atoms. The fourth-order valence-electron chi connectivity index (χ4n) is 2.70. The van der Waals surface area contributed by atoms with E-state index in [1.807, 2.05) is 0 Å². The van der Waals surface area contributed by atoms with E-state index in [9.17, 15) is 9.18 Å². The van der Waals surface area contributed by atoms with Gasteiger partial charge < -0.3 is 14.4 Å². The zero-order valence-corrected chi connectivity index (χ0v) is 14.4. The number of benzene rings is 1. The van der Waals surface area contributed by atoms with Gasteiger partial charge in [0, 0.05) is 31.0 Å². The lowest BCUT2D eigenvalue weighted by atomic mass is 10.1. The molecule has 0 N–H and O–H groups in total. The monoisotopic (exact) mass is 365 g/mol. The number of amides is 1. The molecule has 1 fully saturated rings. The Bertz CT molecular complexity index is 749. The second-order valence-electron chi connectivity index (χ2n) is 5.64. The van der Waals surface area contributed by atoms with E-state index in [1.165, 1.54) is 7.11 Å². The first-order valence-electron chi connectivity index (χ1n) is 7.84. The van der Waals surface area contributed by atoms with Gasteiger partial charge in [0.1, 0.15) is 11.9 Å². The highest BCUT2D eigenvalue weighted by Gasteiger charge is 2.27. The van der Waals surface area contributed by atoms with Crippen molar-refractivity contribution in [3.05, 3.63) is 47.0 Å². The van der Waals surface area contributed by atoms with Gasteiger partial charge in [0.25, 0.3) is 5.91 Å². The molecule has 0 radical (unpaired) electrons. The predicted molar refractivity (Wildman–Crippen MR) is 89.5 cm³/mol. The zero-order chi connectivity index (χ0) is 17.8. The summed E-state index contributed by atoms with van der Waals surface area (Å²) in [6.07, 6.45) is 3.28. The first-order valence-corrected chi connectivity index (χ1v) is 8.21. The Kier molecular flexibility index (Phi) is 5.33. The lowest BCUT2D eigenvalue weighted by molar-refractivity contribution is 0.0575. The summed E-state index contributed by atoms with van der Waals surface area (Å²) in [5.74, 6) is -0.147. The average Bonchev–Trinajstić information content (AvgIpc) is 2.63. The maximum absolute atomic E-state index is 12.8. The van der Waals surface area contributed by atoms with E-state index in [0.29, 0.717) is 42.3 Å². The number of likely N-dealkylation sites (tertiary alicyclic amines) is 1. The fraction of sp³-hybridized carbons (Fsp3) is 0.353. The minimum absolute atomic E-state index is 0.115. The molecule has 1 aromatic carbocycles. The molecule has 1 saturated heterocycles. The molecule has 0 saturated carbocycles. The second-order valence-corrected chi connectivity index (χ2v) is 6.07. The zero-order valence-electron chi connectivity index (χ0n) is 13.6. The number of rotatable bonds is 4. The Morgan fingerprint density at radius 3 is 2.60 bits per heavy atom. The Balaban J connectivity index is 1.61. The van der Waals surface area contributed by atoms with E-state index in [-0.39, 0.29) is 18.0 Å². The highest BCUT2D eigenvalue weighted by molar-refractivity contribution is 6.31. The molecular weight excluding hydrogens is 349 g/mol. The van der Waals surface area contributed by atoms with Crippen LogP contribution in [0, 0.1) is 5.82 Å². The third-order valence-corrected chi connectivity index (χ3v) is 4.22. The van der Waals surface area contributed by atoms with Gasteiger partial charge in [-0.25, -0.2) is 14.4 Å². The van der Waals surface area contributed by atoms with Gasteiger partial charge >= 0.3 is 6.01 Å². The molecule has 3 rings (SSSR count). The average molecular weight is 366 g/mol. The normalized spacial score (nSPS) is 15.1. The highest BCUT2D eigenvalue weighted by atomic mass is 35.5. The molecule has 8 heteroatoms. The van der Waals surface area contributed by atoms with Gasteiger partial charge in [-0.3, -0.25) is 4.79 Å². The number of methoxy groups -OCH3 is 1. The molecule has 1 amide bonds. The molecular formula is C17H17ClFN3O3. The van der Waals surface area contributed by atoms with Gasteiger partial charge in [-0.15, -0.1) is 0 Å². The van der Waals surface area contributed by atoms with Crippen molar-refractivity contribution in [3.63, 3.8) is 0 Å². The van der Waals surface area contributed by atoms with Crippen LogP contribution in [-0.2, 0) is 0 Å². The Hall–Kier alpha value is -2.41. The van der Waals surface area contributed by atoms with Crippen LogP contribution in [0.25, 0.3) is 0 Å². The minimum Gasteiger partial charge on any atom is -0.496 e. The topological polar surface area (TPSA) is 64.5 Å². The molecule has 25 heavy (non-hydrogen) atoms. The van der Waals surface area contributed by atoms with E-state index < -0.39 is 5.82 Å². The van der Waals surface area contributed by atoms with Crippen LogP contribution in [0.2, 0.25) is 5.02 Å². The minimum atomic E-state index is -0.511. The molecule has 0 aliphatic carbocycles. The Morgan fingerprint density at radius 1 is 1.28 bits per heavy atom. The molecule has 6 nitrogen and oxygen atoms in total. The maximum Gasteiger partial charge on any atom is 0.316 e. The van der Waals surface area contributed by atoms with E-state index in [2.05, 4.69) is 9.97 Å². The molecule has 1 aliphatic heterocycles. The number of carbonyl (C=O) groups excluding carboxylic acids is 1. The second kappa shape index (κ2) is 7.65. The SMILES string of the molecule is COc1ccc(Cl)cc1C(=O)N1CCC(Oc2ncc(F)cn2)CC1. The molecule has 2 heterocycles. The number of piperidine rings is 1. The standard InChI is InChI=1S/C17H17ClFN3O3/c1-24-15-3-2-11(18)8-14(15)16(23)22-6-4-13(5-7-22)25-17-20-9-12(19)10-21-17/h2-3,8-10,13H,4-7H2,1H3. The molecule has 132 valence electrons. The van der Waals surface area contributed by atoms with Crippen molar-refractivity contribution in [1.82, 2.24) is 14.9 Å². The summed E-state index contributed by atoms with van der Waals surface area (Å²) in [6.45, 7) is 1.06. The number of ether oxygens (including phenoxy) is 2. The van der Waals surface area contributed by atoms with Gasteiger partial charge in [-0.05, 0) is 18.2 Å². The Labute approximate surface area is 149 Å². The Morgan fingerprint density at radius 2 is 1.96 bits per heavy atom. The van der Waals surface area contributed by atoms with Crippen molar-refractivity contribution < 1.29 is 18.7 Å². The summed E-state index contributed by atoms with van der Waals surface area (Å²) in [5.41, 5.74) is 0.441. The number of halogens is 2. The number of nitrogens with zero attached hydrogens (tertiary/aromatic N) is 3. The first kappa shape index (κ1) is 17.4. The van der Waals surface area contributed by atoms with Crippen molar-refractivity contribution in [3.8, 4) is 11.8 Å². The van der Waals surface area contributed by atoms with Crippen molar-refractivity contribution in [1.29, 1.82) is 0 Å². The number of hydrogen-bond donors (Lipinski definition) is 0. The van der Waals surface area contributed by atoms with Crippen LogP contribution in [0.4, 0.5) is 4.39 Å². The van der Waals surface area contributed by atoms with Crippen molar-refractivity contribution >= 4 is 17.5 Å². The maximum atomic E-state index is 12.8. The molecule has 1 aromatic heterocycles. The van der Waals surface area contributed by atoms with Gasteiger partial charge in [0.05, 0.1) is 25.1 Å². The lowest BCUT2D eigenvalue weighted by Crippen LogP contribution is -2.42. The van der Waals surface area contributed by atoms with E-state index in [4.69, 9.17) is 21.1 Å². The van der Waals surface area contributed by atoms with Crippen LogP contribution >= 0.6 is 11.6 Å². The van der Waals surface area contributed by atoms with E-state index >= 15 is 0 Å². The van der Waals surface area contributed by atoms with Crippen molar-refractivity contribution in [2.75, 3.05) is 20.2 Å². The summed E-state index contributed by atoms with van der Waals surface area (Å²) in [6, 6.07) is 5.11. The lowest BCUT2D eigenvalue weighted by Gasteiger charge is -2.32. The molecule has 0 bridgehead atoms. The third-order valence-electron chi connectivity index (χ3n) is 3.99. The predicted octanol–water partition coefficient (Wildman–Crippen LogP) is 2.96. The highest BCUT2D eigenvalue weighted by Crippen LogP contribution is 2.26. The summed E-state index contributed by atoms with van der Waals surface area (Å²) < 4.78 is 23.7. The van der Waals surface area contributed by atoms with Crippen molar-refractivity contribution in [2.45, 2.75) is 18.9 Å². The fourth-order valence-corrected chi connectivity index (χ4v) is 2.88. The van der Waals surface area contributed by atoms with E-state index in [0.717, 1.165) is 12.4 Å². The largest absolute Gasteiger partial charge is 0.496 e. The van der Waals surface area contributed by atoms with Gasteiger partial charge in [-0.1, -0.05) is 11.6 Å². The van der Waals surface area contributed by atoms with Crippen LogP contribution in [0.15, 0.2) is 30.6 Å². The number of hydrogen-bond acceptors (Lipinski definition) is 5. The van der Waals surface area contributed by atoms with Crippen LogP contribution < -0.4 is 9.47 Å². The van der Waals surface area contributed by atoms with Crippen LogP contribution in [0.3, 0.4) is 0 Å². The van der Waals surface area contributed by atoms with Crippen LogP contribution in [0.5, 0.6) is 11.8 Å². The van der Waals surface area contributed by atoms with Gasteiger partial charge in [0.15, 0.2) is 5.82 Å². The number of aromatic nitrogens is 2. The molecule has 2 aromatic rings. The van der Waals surface area contributed by atoms with Crippen LogP contribution in [-0.4, -0.2) is 47.1 Å².